The van der Waals surface area contributed by atoms with E-state index in [4.69, 9.17) is 58.0 Å². The average molecular weight is 356 g/mol. The normalized spacial score (nSPS) is 10.9. The molecule has 1 rings (SSSR count). The highest BCUT2D eigenvalue weighted by molar-refractivity contribution is 7.78. The number of benzene rings is 1. The zero-order valence-electron chi connectivity index (χ0n) is 9.41. The molecular weight excluding hydrogens is 343 g/mol. The minimum atomic E-state index is 0.156. The van der Waals surface area contributed by atoms with Crippen LogP contribution < -0.4 is 4.72 Å². The summed E-state index contributed by atoms with van der Waals surface area (Å²) in [5.41, 5.74) is 0.156. The highest BCUT2D eigenvalue weighted by Crippen LogP contribution is 2.40. The molecule has 98 valence electrons. The second-order valence-electron chi connectivity index (χ2n) is 4.14. The summed E-state index contributed by atoms with van der Waals surface area (Å²) in [5, 5.41) is 1.23. The van der Waals surface area contributed by atoms with Crippen LogP contribution in [0.4, 0.5) is 0 Å². The third kappa shape index (κ3) is 6.63. The maximum atomic E-state index is 5.66. The molecule has 7 heteroatoms. The minimum absolute atomic E-state index is 0.156. The van der Waals surface area contributed by atoms with Gasteiger partial charge in [-0.1, -0.05) is 70.8 Å². The van der Waals surface area contributed by atoms with Crippen molar-refractivity contribution in [2.75, 3.05) is 0 Å². The lowest BCUT2D eigenvalue weighted by molar-refractivity contribution is 0.538. The second kappa shape index (κ2) is 7.54. The quantitative estimate of drug-likeness (QED) is 0.322. The number of hydrogen-bond donors (Lipinski definition) is 2. The van der Waals surface area contributed by atoms with Crippen molar-refractivity contribution < 1.29 is 0 Å². The Morgan fingerprint density at radius 2 is 1.18 bits per heavy atom. The largest absolute Gasteiger partial charge is 0.261 e. The number of nitrogens with one attached hydrogen (secondary N) is 1. The molecule has 0 heterocycles. The highest BCUT2D eigenvalue weighted by Gasteiger charge is 2.10. The van der Waals surface area contributed by atoms with Gasteiger partial charge in [-0.2, -0.15) is 0 Å². The van der Waals surface area contributed by atoms with Gasteiger partial charge in [0.25, 0.3) is 0 Å². The van der Waals surface area contributed by atoms with Crippen LogP contribution in [0.1, 0.15) is 20.8 Å². The van der Waals surface area contributed by atoms with E-state index in [2.05, 4.69) is 38.3 Å². The molecule has 0 amide bonds. The van der Waals surface area contributed by atoms with Crippen molar-refractivity contribution in [1.82, 2.24) is 4.72 Å². The first-order valence-electron chi connectivity index (χ1n) is 4.50. The molecule has 0 aliphatic rings. The van der Waals surface area contributed by atoms with E-state index >= 15 is 0 Å². The van der Waals surface area contributed by atoms with Crippen LogP contribution in [0, 0.1) is 0 Å². The molecule has 1 aromatic carbocycles. The predicted octanol–water partition coefficient (Wildman–Crippen LogP) is 6.17. The molecule has 0 atom stereocenters. The van der Waals surface area contributed by atoms with Gasteiger partial charge in [-0.3, -0.25) is 4.72 Å². The van der Waals surface area contributed by atoms with Crippen molar-refractivity contribution in [2.45, 2.75) is 26.3 Å². The summed E-state index contributed by atoms with van der Waals surface area (Å²) >= 11 is 32.1. The predicted molar refractivity (Wildman–Crippen MR) is 83.4 cm³/mol. The molecule has 0 aliphatic heterocycles. The first kappa shape index (κ1) is 18.0. The molecule has 1 aromatic rings. The summed E-state index contributed by atoms with van der Waals surface area (Å²) in [7, 11) is 0. The lowest BCUT2D eigenvalue weighted by Gasteiger charge is -2.14. The van der Waals surface area contributed by atoms with Gasteiger partial charge in [-0.15, -0.1) is 0 Å². The molecule has 0 saturated carbocycles. The van der Waals surface area contributed by atoms with Crippen LogP contribution in [0.15, 0.2) is 6.07 Å². The molecule has 1 N–H and O–H groups in total. The Morgan fingerprint density at radius 3 is 1.41 bits per heavy atom. The molecule has 0 bridgehead atoms. The Balaban J connectivity index is 0.000000366. The number of thiol groups is 1. The molecule has 0 radical (unpaired) electrons. The van der Waals surface area contributed by atoms with Gasteiger partial charge in [0.1, 0.15) is 0 Å². The zero-order chi connectivity index (χ0) is 13.8. The monoisotopic (exact) mass is 353 g/mol. The van der Waals surface area contributed by atoms with Crippen LogP contribution in [-0.2, 0) is 0 Å². The molecule has 1 nitrogen and oxygen atoms in total. The molecule has 0 spiro atoms. The van der Waals surface area contributed by atoms with Crippen molar-refractivity contribution in [3.05, 3.63) is 31.2 Å². The van der Waals surface area contributed by atoms with Gasteiger partial charge < -0.3 is 0 Å². The lowest BCUT2D eigenvalue weighted by Crippen LogP contribution is -2.27. The Kier molecular flexibility index (Phi) is 7.98. The van der Waals surface area contributed by atoms with Gasteiger partial charge in [0.2, 0.25) is 0 Å². The first-order valence-corrected chi connectivity index (χ1v) is 6.83. The van der Waals surface area contributed by atoms with E-state index in [1.807, 2.05) is 0 Å². The maximum Gasteiger partial charge on any atom is 0.0808 e. The van der Waals surface area contributed by atoms with E-state index in [1.54, 1.807) is 0 Å². The lowest BCUT2D eigenvalue weighted by atomic mass is 10.1. The van der Waals surface area contributed by atoms with Crippen molar-refractivity contribution in [3.8, 4) is 0 Å². The second-order valence-corrected chi connectivity index (χ2v) is 6.32. The van der Waals surface area contributed by atoms with Crippen LogP contribution in [0.2, 0.25) is 25.1 Å². The van der Waals surface area contributed by atoms with E-state index in [-0.39, 0.29) is 20.6 Å². The summed E-state index contributed by atoms with van der Waals surface area (Å²) in [5.74, 6) is 0. The van der Waals surface area contributed by atoms with Crippen molar-refractivity contribution >= 4 is 70.8 Å². The summed E-state index contributed by atoms with van der Waals surface area (Å²) in [6, 6.07) is 1.44. The third-order valence-corrected chi connectivity index (χ3v) is 4.21. The summed E-state index contributed by atoms with van der Waals surface area (Å²) in [4.78, 5) is 0. The van der Waals surface area contributed by atoms with Gasteiger partial charge in [0.15, 0.2) is 0 Å². The Hall–Kier alpha value is 0.980. The average Bonchev–Trinajstić information content (AvgIpc) is 2.23. The van der Waals surface area contributed by atoms with Crippen LogP contribution in [0.5, 0.6) is 0 Å². The van der Waals surface area contributed by atoms with E-state index in [9.17, 15) is 0 Å². The van der Waals surface area contributed by atoms with Gasteiger partial charge in [-0.05, 0) is 26.8 Å². The molecule has 0 aliphatic carbocycles. The van der Waals surface area contributed by atoms with E-state index in [0.29, 0.717) is 10.0 Å². The third-order valence-electron chi connectivity index (χ3n) is 1.39. The summed E-state index contributed by atoms with van der Waals surface area (Å²) < 4.78 is 2.80. The van der Waals surface area contributed by atoms with Gasteiger partial charge >= 0.3 is 0 Å². The Labute approximate surface area is 132 Å². The fourth-order valence-corrected chi connectivity index (χ4v) is 1.65. The van der Waals surface area contributed by atoms with E-state index < -0.39 is 0 Å². The summed E-state index contributed by atoms with van der Waals surface area (Å²) in [6.07, 6.45) is 0. The minimum Gasteiger partial charge on any atom is -0.261 e. The van der Waals surface area contributed by atoms with Crippen LogP contribution in [0.3, 0.4) is 0 Å². The van der Waals surface area contributed by atoms with E-state index in [1.165, 1.54) is 6.07 Å². The smallest absolute Gasteiger partial charge is 0.0808 e. The van der Waals surface area contributed by atoms with Crippen LogP contribution in [-0.4, -0.2) is 5.54 Å². The standard InChI is InChI=1S/C6HCl5.C4H11NS/c7-2-1-3(8)5(10)6(11)4(2)9;1-4(2,3)5-6/h1H;5-6H,1-3H3. The first-order chi connectivity index (χ1) is 7.60. The van der Waals surface area contributed by atoms with Crippen molar-refractivity contribution in [2.24, 2.45) is 0 Å². The van der Waals surface area contributed by atoms with Gasteiger partial charge in [0.05, 0.1) is 25.1 Å². The molecule has 0 fully saturated rings. The highest BCUT2D eigenvalue weighted by atomic mass is 35.5. The Bertz CT molecular complexity index is 363. The van der Waals surface area contributed by atoms with Crippen molar-refractivity contribution in [1.29, 1.82) is 0 Å². The summed E-state index contributed by atoms with van der Waals surface area (Å²) in [6.45, 7) is 6.17. The molecular formula is C10H12Cl5NS. The van der Waals surface area contributed by atoms with Crippen LogP contribution in [0.25, 0.3) is 0 Å². The topological polar surface area (TPSA) is 12.0 Å². The number of rotatable bonds is 0. The molecule has 0 unspecified atom stereocenters. The maximum absolute atomic E-state index is 5.66. The molecule has 0 saturated heterocycles. The SMILES string of the molecule is CC(C)(C)NS.Clc1cc(Cl)c(Cl)c(Cl)c1Cl. The zero-order valence-corrected chi connectivity index (χ0v) is 14.1. The number of halogens is 5. The fourth-order valence-electron chi connectivity index (χ4n) is 0.544. The van der Waals surface area contributed by atoms with Gasteiger partial charge in [0, 0.05) is 5.54 Å². The Morgan fingerprint density at radius 1 is 0.882 bits per heavy atom. The molecule has 0 aromatic heterocycles. The number of hydrogen-bond acceptors (Lipinski definition) is 2. The van der Waals surface area contributed by atoms with Crippen molar-refractivity contribution in [3.63, 3.8) is 0 Å². The van der Waals surface area contributed by atoms with E-state index in [0.717, 1.165) is 0 Å². The molecule has 17 heavy (non-hydrogen) atoms. The van der Waals surface area contributed by atoms with Gasteiger partial charge in [-0.25, -0.2) is 0 Å². The van der Waals surface area contributed by atoms with Crippen LogP contribution >= 0.6 is 70.8 Å². The fraction of sp³-hybridized carbons (Fsp3) is 0.400.